The van der Waals surface area contributed by atoms with E-state index < -0.39 is 5.60 Å². The highest BCUT2D eigenvalue weighted by Gasteiger charge is 2.46. The maximum absolute atomic E-state index is 12.1. The van der Waals surface area contributed by atoms with E-state index in [1.165, 1.54) is 6.42 Å². The molecule has 1 amide bonds. The van der Waals surface area contributed by atoms with E-state index in [2.05, 4.69) is 19.2 Å². The van der Waals surface area contributed by atoms with Gasteiger partial charge < -0.3 is 15.8 Å². The zero-order valence-corrected chi connectivity index (χ0v) is 13.1. The maximum Gasteiger partial charge on any atom is 0.408 e. The quantitative estimate of drug-likeness (QED) is 0.827. The number of amides is 1. The molecule has 1 aliphatic carbocycles. The average Bonchev–Trinajstić information content (AvgIpc) is 2.27. The van der Waals surface area contributed by atoms with Crippen molar-refractivity contribution in [1.29, 1.82) is 0 Å². The number of carbonyl (C=O) groups is 1. The van der Waals surface area contributed by atoms with Crippen molar-refractivity contribution in [3.8, 4) is 0 Å². The normalized spacial score (nSPS) is 19.9. The standard InChI is InChI=1S/C15H30N2O2/c1-13(2,3)19-12(18)17-15(14(4,5)11-16)9-7-6-8-10-15/h6-11,16H2,1-5H3,(H,17,18). The number of alkyl carbamates (subject to hydrolysis) is 1. The zero-order valence-electron chi connectivity index (χ0n) is 13.1. The molecule has 0 unspecified atom stereocenters. The fraction of sp³-hybridized carbons (Fsp3) is 0.933. The fourth-order valence-electron chi connectivity index (χ4n) is 2.82. The van der Waals surface area contributed by atoms with Crippen LogP contribution in [0.1, 0.15) is 66.7 Å². The summed E-state index contributed by atoms with van der Waals surface area (Å²) in [5.41, 5.74) is 5.11. The largest absolute Gasteiger partial charge is 0.444 e. The predicted octanol–water partition coefficient (Wildman–Crippen LogP) is 3.20. The molecule has 0 saturated heterocycles. The van der Waals surface area contributed by atoms with Crippen LogP contribution in [-0.4, -0.2) is 23.8 Å². The van der Waals surface area contributed by atoms with Crippen molar-refractivity contribution in [2.45, 2.75) is 77.9 Å². The van der Waals surface area contributed by atoms with Crippen molar-refractivity contribution in [3.63, 3.8) is 0 Å². The van der Waals surface area contributed by atoms with Gasteiger partial charge in [-0.25, -0.2) is 4.79 Å². The number of nitrogens with one attached hydrogen (secondary N) is 1. The Morgan fingerprint density at radius 3 is 2.11 bits per heavy atom. The van der Waals surface area contributed by atoms with Crippen molar-refractivity contribution < 1.29 is 9.53 Å². The summed E-state index contributed by atoms with van der Waals surface area (Å²) in [6.07, 6.45) is 5.15. The summed E-state index contributed by atoms with van der Waals surface area (Å²) in [4.78, 5) is 12.1. The van der Waals surface area contributed by atoms with Gasteiger partial charge in [0.15, 0.2) is 0 Å². The first-order chi connectivity index (χ1) is 8.62. The lowest BCUT2D eigenvalue weighted by atomic mass is 9.64. The predicted molar refractivity (Wildman–Crippen MR) is 78.0 cm³/mol. The number of rotatable bonds is 3. The van der Waals surface area contributed by atoms with Crippen LogP contribution in [0.15, 0.2) is 0 Å². The lowest BCUT2D eigenvalue weighted by Gasteiger charge is -2.49. The Hall–Kier alpha value is -0.770. The molecule has 4 heteroatoms. The lowest BCUT2D eigenvalue weighted by Crippen LogP contribution is -2.61. The second-order valence-electron chi connectivity index (χ2n) is 7.36. The minimum absolute atomic E-state index is 0.121. The van der Waals surface area contributed by atoms with Crippen LogP contribution in [0.3, 0.4) is 0 Å². The summed E-state index contributed by atoms with van der Waals surface area (Å²) in [6.45, 7) is 10.5. The van der Waals surface area contributed by atoms with Crippen LogP contribution in [0.5, 0.6) is 0 Å². The molecule has 0 heterocycles. The Kier molecular flexibility index (Phi) is 4.88. The van der Waals surface area contributed by atoms with Crippen LogP contribution < -0.4 is 11.1 Å². The third-order valence-corrected chi connectivity index (χ3v) is 4.25. The van der Waals surface area contributed by atoms with Crippen LogP contribution >= 0.6 is 0 Å². The van der Waals surface area contributed by atoms with Crippen molar-refractivity contribution in [3.05, 3.63) is 0 Å². The van der Waals surface area contributed by atoms with Crippen molar-refractivity contribution in [2.75, 3.05) is 6.54 Å². The van der Waals surface area contributed by atoms with E-state index in [0.717, 1.165) is 25.7 Å². The molecule has 112 valence electrons. The topological polar surface area (TPSA) is 64.3 Å². The summed E-state index contributed by atoms with van der Waals surface area (Å²) >= 11 is 0. The SMILES string of the molecule is CC(C)(C)OC(=O)NC1(C(C)(C)CN)CCCCC1. The molecule has 0 spiro atoms. The fourth-order valence-corrected chi connectivity index (χ4v) is 2.82. The molecule has 4 nitrogen and oxygen atoms in total. The molecule has 0 atom stereocenters. The van der Waals surface area contributed by atoms with E-state index in [1.54, 1.807) is 0 Å². The van der Waals surface area contributed by atoms with Gasteiger partial charge >= 0.3 is 6.09 Å². The highest BCUT2D eigenvalue weighted by molar-refractivity contribution is 5.69. The van der Waals surface area contributed by atoms with Gasteiger partial charge in [0.2, 0.25) is 0 Å². The lowest BCUT2D eigenvalue weighted by molar-refractivity contribution is 0.0225. The van der Waals surface area contributed by atoms with Crippen molar-refractivity contribution >= 4 is 6.09 Å². The van der Waals surface area contributed by atoms with E-state index in [4.69, 9.17) is 10.5 Å². The molecule has 0 bridgehead atoms. The van der Waals surface area contributed by atoms with Gasteiger partial charge in [0.1, 0.15) is 5.60 Å². The molecule has 1 saturated carbocycles. The minimum Gasteiger partial charge on any atom is -0.444 e. The Morgan fingerprint density at radius 2 is 1.68 bits per heavy atom. The van der Waals surface area contributed by atoms with E-state index in [0.29, 0.717) is 6.54 Å². The van der Waals surface area contributed by atoms with E-state index in [-0.39, 0.29) is 17.0 Å². The monoisotopic (exact) mass is 270 g/mol. The summed E-state index contributed by atoms with van der Waals surface area (Å²) in [7, 11) is 0. The molecule has 1 rings (SSSR count). The van der Waals surface area contributed by atoms with Gasteiger partial charge in [0.25, 0.3) is 0 Å². The minimum atomic E-state index is -0.465. The molecular weight excluding hydrogens is 240 g/mol. The van der Waals surface area contributed by atoms with Crippen LogP contribution in [0.4, 0.5) is 4.79 Å². The van der Waals surface area contributed by atoms with Gasteiger partial charge in [-0.15, -0.1) is 0 Å². The highest BCUT2D eigenvalue weighted by atomic mass is 16.6. The summed E-state index contributed by atoms with van der Waals surface area (Å²) in [6, 6.07) is 0. The number of carbonyl (C=O) groups excluding carboxylic acids is 1. The molecule has 3 N–H and O–H groups in total. The number of hydrogen-bond donors (Lipinski definition) is 2. The van der Waals surface area contributed by atoms with Gasteiger partial charge in [-0.1, -0.05) is 33.1 Å². The molecule has 1 fully saturated rings. The van der Waals surface area contributed by atoms with Crippen LogP contribution in [0.25, 0.3) is 0 Å². The first kappa shape index (κ1) is 16.3. The third kappa shape index (κ3) is 4.10. The first-order valence-electron chi connectivity index (χ1n) is 7.33. The second kappa shape index (κ2) is 5.70. The highest BCUT2D eigenvalue weighted by Crippen LogP contribution is 2.41. The van der Waals surface area contributed by atoms with Gasteiger partial charge in [0, 0.05) is 11.0 Å². The number of nitrogens with two attached hydrogens (primary N) is 1. The first-order valence-corrected chi connectivity index (χ1v) is 7.33. The summed E-state index contributed by atoms with van der Waals surface area (Å²) < 4.78 is 5.41. The van der Waals surface area contributed by atoms with Crippen LogP contribution in [0.2, 0.25) is 0 Å². The Morgan fingerprint density at radius 1 is 1.16 bits per heavy atom. The van der Waals surface area contributed by atoms with Gasteiger partial charge in [0.05, 0.1) is 0 Å². The smallest absolute Gasteiger partial charge is 0.408 e. The van der Waals surface area contributed by atoms with Crippen molar-refractivity contribution in [1.82, 2.24) is 5.32 Å². The van der Waals surface area contributed by atoms with E-state index >= 15 is 0 Å². The zero-order chi connectivity index (χ0) is 14.7. The van der Waals surface area contributed by atoms with Gasteiger partial charge in [-0.2, -0.15) is 0 Å². The Labute approximate surface area is 117 Å². The molecule has 0 aliphatic heterocycles. The third-order valence-electron chi connectivity index (χ3n) is 4.25. The number of ether oxygens (including phenoxy) is 1. The maximum atomic E-state index is 12.1. The summed E-state index contributed by atoms with van der Waals surface area (Å²) in [5, 5.41) is 3.14. The van der Waals surface area contributed by atoms with Gasteiger partial charge in [-0.3, -0.25) is 0 Å². The molecule has 0 aromatic heterocycles. The van der Waals surface area contributed by atoms with Crippen LogP contribution in [-0.2, 0) is 4.74 Å². The molecule has 0 radical (unpaired) electrons. The molecule has 0 aromatic rings. The molecule has 1 aliphatic rings. The summed E-state index contributed by atoms with van der Waals surface area (Å²) in [5.74, 6) is 0. The average molecular weight is 270 g/mol. The van der Waals surface area contributed by atoms with Gasteiger partial charge in [-0.05, 0) is 40.2 Å². The Bertz CT molecular complexity index is 313. The second-order valence-corrected chi connectivity index (χ2v) is 7.36. The number of hydrogen-bond acceptors (Lipinski definition) is 3. The van der Waals surface area contributed by atoms with E-state index in [9.17, 15) is 4.79 Å². The molecular formula is C15H30N2O2. The molecule has 0 aromatic carbocycles. The Balaban J connectivity index is 2.84. The van der Waals surface area contributed by atoms with Crippen LogP contribution in [0, 0.1) is 5.41 Å². The molecule has 19 heavy (non-hydrogen) atoms. The van der Waals surface area contributed by atoms with E-state index in [1.807, 2.05) is 20.8 Å². The van der Waals surface area contributed by atoms with Crippen molar-refractivity contribution in [2.24, 2.45) is 11.1 Å².